The van der Waals surface area contributed by atoms with Gasteiger partial charge in [-0.15, -0.1) is 0 Å². The standard InChI is InChI=1S/C27H34O19S/c28-7-12-16(31)20(35)22(37)26(45-12)27(40)24(38)14(11(30)6-3-9-1-4-10(29)5-2-9)18(33)15(25(27)39)19(34)23-21(36)17(32)13(8-44-23)46-47(41,42)43/h1-2,4-5,12-13,16-17,19-23,26,28-29,31-37,39-40H,3,6-8H2,(H,41,42,43). The lowest BCUT2D eigenvalue weighted by molar-refractivity contribution is -0.263. The molecule has 1 aromatic carbocycles. The van der Waals surface area contributed by atoms with Gasteiger partial charge in [-0.2, -0.15) is 8.42 Å². The molecule has 2 saturated heterocycles. The molecule has 4 rings (SSSR count). The zero-order valence-corrected chi connectivity index (χ0v) is 24.9. The summed E-state index contributed by atoms with van der Waals surface area (Å²) < 4.78 is 45.8. The number of aliphatic hydroxyl groups is 10. The van der Waals surface area contributed by atoms with Crippen molar-refractivity contribution in [1.29, 1.82) is 0 Å². The summed E-state index contributed by atoms with van der Waals surface area (Å²) in [5.74, 6) is -6.28. The minimum absolute atomic E-state index is 0.0974. The van der Waals surface area contributed by atoms with Crippen LogP contribution in [0.1, 0.15) is 12.0 Å². The van der Waals surface area contributed by atoms with Crippen molar-refractivity contribution < 1.29 is 92.4 Å². The molecule has 2 aliphatic heterocycles. The first-order valence-corrected chi connectivity index (χ1v) is 15.3. The normalized spacial score (nSPS) is 36.0. The van der Waals surface area contributed by atoms with E-state index in [-0.39, 0.29) is 12.2 Å². The Kier molecular flexibility index (Phi) is 10.8. The second-order valence-electron chi connectivity index (χ2n) is 11.2. The van der Waals surface area contributed by atoms with Crippen LogP contribution < -0.4 is 0 Å². The van der Waals surface area contributed by atoms with Crippen LogP contribution in [0.5, 0.6) is 5.75 Å². The maximum absolute atomic E-state index is 13.8. The van der Waals surface area contributed by atoms with Gasteiger partial charge in [0, 0.05) is 6.42 Å². The molecule has 0 amide bonds. The van der Waals surface area contributed by atoms with Gasteiger partial charge in [-0.3, -0.25) is 14.1 Å². The van der Waals surface area contributed by atoms with Gasteiger partial charge >= 0.3 is 10.4 Å². The van der Waals surface area contributed by atoms with Gasteiger partial charge in [-0.1, -0.05) is 12.1 Å². The van der Waals surface area contributed by atoms with Crippen LogP contribution in [-0.4, -0.2) is 161 Å². The molecule has 11 unspecified atom stereocenters. The van der Waals surface area contributed by atoms with Crippen LogP contribution >= 0.6 is 0 Å². The molecule has 0 radical (unpaired) electrons. The highest BCUT2D eigenvalue weighted by Crippen LogP contribution is 2.43. The number of aryl methyl sites for hydroxylation is 1. The summed E-state index contributed by atoms with van der Waals surface area (Å²) in [4.78, 5) is 27.3. The second kappa shape index (κ2) is 13.8. The molecule has 12 N–H and O–H groups in total. The number of hydrogen-bond donors (Lipinski definition) is 12. The van der Waals surface area contributed by atoms with E-state index in [2.05, 4.69) is 4.18 Å². The van der Waals surface area contributed by atoms with E-state index in [4.69, 9.17) is 14.0 Å². The quantitative estimate of drug-likeness (QED) is 0.0809. The molecule has 1 aromatic rings. The van der Waals surface area contributed by atoms with E-state index < -0.39 is 131 Å². The average molecular weight is 695 g/mol. The van der Waals surface area contributed by atoms with E-state index >= 15 is 0 Å². The van der Waals surface area contributed by atoms with E-state index in [9.17, 15) is 74.2 Å². The molecule has 0 bridgehead atoms. The predicted molar refractivity (Wildman–Crippen MR) is 149 cm³/mol. The van der Waals surface area contributed by atoms with Crippen molar-refractivity contribution in [2.24, 2.45) is 0 Å². The average Bonchev–Trinajstić information content (AvgIpc) is 3.00. The maximum atomic E-state index is 13.8. The Morgan fingerprint density at radius 2 is 1.60 bits per heavy atom. The molecule has 47 heavy (non-hydrogen) atoms. The van der Waals surface area contributed by atoms with Gasteiger partial charge in [0.25, 0.3) is 0 Å². The van der Waals surface area contributed by atoms with Crippen LogP contribution in [0.25, 0.3) is 0 Å². The summed E-state index contributed by atoms with van der Waals surface area (Å²) in [6.45, 7) is -2.01. The topological polar surface area (TPSA) is 339 Å². The van der Waals surface area contributed by atoms with Crippen molar-refractivity contribution >= 4 is 22.0 Å². The molecule has 0 spiro atoms. The van der Waals surface area contributed by atoms with Crippen molar-refractivity contribution in [3.8, 4) is 5.75 Å². The fourth-order valence-corrected chi connectivity index (χ4v) is 6.14. The molecule has 11 atom stereocenters. The molecule has 1 aliphatic carbocycles. The SMILES string of the molecule is O=C(CCc1ccc(O)cc1)C1=C(O)C(C(O)C2OCC(OS(=O)(=O)O)C(O)C2O)=C(O)C(O)(C2OC(CO)C(O)C(O)C2O)C1=O. The number of carbonyl (C=O) groups is 2. The second-order valence-corrected chi connectivity index (χ2v) is 12.3. The summed E-state index contributed by atoms with van der Waals surface area (Å²) >= 11 is 0. The first-order valence-electron chi connectivity index (χ1n) is 13.9. The zero-order chi connectivity index (χ0) is 35.2. The first-order chi connectivity index (χ1) is 21.8. The Labute approximate surface area is 265 Å². The summed E-state index contributed by atoms with van der Waals surface area (Å²) in [6, 6.07) is 5.45. The molecular weight excluding hydrogens is 660 g/mol. The Bertz CT molecular complexity index is 1520. The van der Waals surface area contributed by atoms with Gasteiger partial charge in [0.2, 0.25) is 11.4 Å². The minimum atomic E-state index is -5.18. The lowest BCUT2D eigenvalue weighted by Gasteiger charge is -2.47. The molecular formula is C27H34O19S. The number of Topliss-reactive ketones (excluding diaryl/α,β-unsaturated/α-hetero) is 2. The Hall–Kier alpha value is -3.09. The van der Waals surface area contributed by atoms with Crippen molar-refractivity contribution in [3.63, 3.8) is 0 Å². The number of rotatable bonds is 10. The van der Waals surface area contributed by atoms with Crippen molar-refractivity contribution in [2.75, 3.05) is 13.2 Å². The molecule has 0 saturated carbocycles. The van der Waals surface area contributed by atoms with E-state index in [0.29, 0.717) is 5.56 Å². The predicted octanol–water partition coefficient (Wildman–Crippen LogP) is -4.66. The van der Waals surface area contributed by atoms with Gasteiger partial charge in [0.05, 0.1) is 18.8 Å². The van der Waals surface area contributed by atoms with Crippen LogP contribution in [0.15, 0.2) is 46.9 Å². The van der Waals surface area contributed by atoms with E-state index in [1.165, 1.54) is 24.3 Å². The van der Waals surface area contributed by atoms with Crippen LogP contribution in [-0.2, 0) is 40.1 Å². The third kappa shape index (κ3) is 6.91. The number of phenolic OH excluding ortho intramolecular Hbond substituents is 1. The highest BCUT2D eigenvalue weighted by atomic mass is 32.3. The van der Waals surface area contributed by atoms with E-state index in [0.717, 1.165) is 0 Å². The molecule has 3 aliphatic rings. The molecule has 262 valence electrons. The Balaban J connectivity index is 1.79. The van der Waals surface area contributed by atoms with E-state index in [1.54, 1.807) is 0 Å². The maximum Gasteiger partial charge on any atom is 0.397 e. The molecule has 19 nitrogen and oxygen atoms in total. The zero-order valence-electron chi connectivity index (χ0n) is 24.0. The molecule has 2 heterocycles. The number of aliphatic hydroxyl groups excluding tert-OH is 9. The summed E-state index contributed by atoms with van der Waals surface area (Å²) in [6.07, 6.45) is -22.8. The van der Waals surface area contributed by atoms with E-state index in [1.807, 2.05) is 0 Å². The third-order valence-electron chi connectivity index (χ3n) is 8.21. The lowest BCUT2D eigenvalue weighted by Crippen LogP contribution is -2.69. The highest BCUT2D eigenvalue weighted by molar-refractivity contribution is 7.80. The lowest BCUT2D eigenvalue weighted by atomic mass is 9.71. The smallest absolute Gasteiger partial charge is 0.397 e. The minimum Gasteiger partial charge on any atom is -0.508 e. The number of aromatic hydroxyl groups is 1. The van der Waals surface area contributed by atoms with Gasteiger partial charge < -0.3 is 65.6 Å². The van der Waals surface area contributed by atoms with Crippen LogP contribution in [0.3, 0.4) is 0 Å². The largest absolute Gasteiger partial charge is 0.508 e. The summed E-state index contributed by atoms with van der Waals surface area (Å²) in [5, 5.41) is 117. The van der Waals surface area contributed by atoms with Gasteiger partial charge in [-0.05, 0) is 24.1 Å². The van der Waals surface area contributed by atoms with Crippen LogP contribution in [0.4, 0.5) is 0 Å². The number of phenols is 1. The fraction of sp³-hybridized carbons (Fsp3) is 0.556. The molecule has 2 fully saturated rings. The van der Waals surface area contributed by atoms with Gasteiger partial charge in [0.1, 0.15) is 83.9 Å². The Morgan fingerprint density at radius 1 is 0.979 bits per heavy atom. The van der Waals surface area contributed by atoms with Gasteiger partial charge in [-0.25, -0.2) is 4.18 Å². The molecule has 20 heteroatoms. The fourth-order valence-electron chi connectivity index (χ4n) is 5.65. The first kappa shape index (κ1) is 36.7. The summed E-state index contributed by atoms with van der Waals surface area (Å²) in [7, 11) is -5.18. The highest BCUT2D eigenvalue weighted by Gasteiger charge is 2.63. The third-order valence-corrected chi connectivity index (χ3v) is 8.70. The number of benzene rings is 1. The molecule has 0 aromatic heterocycles. The summed E-state index contributed by atoms with van der Waals surface area (Å²) in [5.41, 5.74) is -5.73. The van der Waals surface area contributed by atoms with Crippen molar-refractivity contribution in [2.45, 2.75) is 79.5 Å². The van der Waals surface area contributed by atoms with Gasteiger partial charge in [0.15, 0.2) is 5.78 Å². The van der Waals surface area contributed by atoms with Crippen molar-refractivity contribution in [1.82, 2.24) is 0 Å². The number of carbonyl (C=O) groups excluding carboxylic acids is 2. The number of ketones is 2. The van der Waals surface area contributed by atoms with Crippen LogP contribution in [0, 0.1) is 0 Å². The Morgan fingerprint density at radius 3 is 2.17 bits per heavy atom. The van der Waals surface area contributed by atoms with Crippen LogP contribution in [0.2, 0.25) is 0 Å². The number of hydrogen-bond acceptors (Lipinski definition) is 18. The van der Waals surface area contributed by atoms with Crippen molar-refractivity contribution in [3.05, 3.63) is 52.5 Å². The number of ether oxygens (including phenoxy) is 2. The monoisotopic (exact) mass is 694 g/mol.